The third kappa shape index (κ3) is 14.2. The molecule has 1 aliphatic heterocycles. The highest BCUT2D eigenvalue weighted by Gasteiger charge is 2.29. The zero-order valence-electron chi connectivity index (χ0n) is 36.2. The van der Waals surface area contributed by atoms with Crippen LogP contribution in [0.5, 0.6) is 5.75 Å². The standard InChI is InChI=1S/C46H76N6O4/c1-9-11-17-24-48-44(49-41(47)18-10-2)43-36(3)23-25-52(43)31-37-21-22-38(30-40(37)54-8)46(6,7)35-55-34-45(4,5)33-50-26-28-51(29-27-50)42(53)32-56-39-19-15-13-12-14-16-20-39/h21-23,25,30,39,48H,3,9-20,24,26-29,31-35H2,1-2,4-8H3,(H2,47,49)/b44-43+. The predicted molar refractivity (Wildman–Crippen MR) is 231 cm³/mol. The summed E-state index contributed by atoms with van der Waals surface area (Å²) in [6, 6.07) is 8.57. The van der Waals surface area contributed by atoms with E-state index in [0.29, 0.717) is 25.6 Å². The van der Waals surface area contributed by atoms with E-state index in [0.717, 1.165) is 112 Å². The number of aliphatic imine (C=N–C) groups is 1. The lowest BCUT2D eigenvalue weighted by molar-refractivity contribution is -0.140. The molecule has 2 fully saturated rings. The number of amides is 1. The minimum atomic E-state index is -0.222. The average molecular weight is 777 g/mol. The molecule has 0 spiro atoms. The number of amidine groups is 1. The molecule has 1 aliphatic carbocycles. The number of piperazine rings is 1. The molecule has 0 unspecified atom stereocenters. The number of carbonyl (C=O) groups is 1. The summed E-state index contributed by atoms with van der Waals surface area (Å²) in [6.45, 7) is 24.8. The van der Waals surface area contributed by atoms with E-state index in [4.69, 9.17) is 24.9 Å². The summed E-state index contributed by atoms with van der Waals surface area (Å²) in [7, 11) is 1.74. The Morgan fingerprint density at radius 2 is 1.68 bits per heavy atom. The average Bonchev–Trinajstić information content (AvgIpc) is 3.51. The maximum atomic E-state index is 13.0. The van der Waals surface area contributed by atoms with Crippen molar-refractivity contribution in [2.75, 3.05) is 66.2 Å². The fourth-order valence-corrected chi connectivity index (χ4v) is 7.97. The van der Waals surface area contributed by atoms with Gasteiger partial charge in [0.05, 0.1) is 38.3 Å². The van der Waals surface area contributed by atoms with Crippen molar-refractivity contribution in [3.05, 3.63) is 52.2 Å². The Kier molecular flexibility index (Phi) is 18.3. The van der Waals surface area contributed by atoms with Gasteiger partial charge < -0.3 is 34.7 Å². The lowest BCUT2D eigenvalue weighted by Gasteiger charge is -2.39. The van der Waals surface area contributed by atoms with Gasteiger partial charge in [0.15, 0.2) is 5.82 Å². The summed E-state index contributed by atoms with van der Waals surface area (Å²) < 4.78 is 20.7. The zero-order valence-corrected chi connectivity index (χ0v) is 36.2. The molecule has 0 bridgehead atoms. The number of unbranched alkanes of at least 4 members (excludes halogenated alkanes) is 2. The Morgan fingerprint density at radius 3 is 2.36 bits per heavy atom. The van der Waals surface area contributed by atoms with Crippen LogP contribution in [0.4, 0.5) is 0 Å². The van der Waals surface area contributed by atoms with Crippen LogP contribution >= 0.6 is 0 Å². The molecule has 1 saturated carbocycles. The molecule has 2 aromatic rings. The molecule has 0 radical (unpaired) electrons. The Balaban J connectivity index is 1.32. The fraction of sp³-hybridized carbons (Fsp3) is 0.696. The van der Waals surface area contributed by atoms with Crippen molar-refractivity contribution in [1.82, 2.24) is 19.7 Å². The highest BCUT2D eigenvalue weighted by Crippen LogP contribution is 2.31. The number of nitrogens with two attached hydrogens (primary N) is 1. The number of carbonyl (C=O) groups excluding carboxylic acids is 1. The first-order valence-corrected chi connectivity index (χ1v) is 21.7. The smallest absolute Gasteiger partial charge is 0.248 e. The summed E-state index contributed by atoms with van der Waals surface area (Å²) in [5.74, 6) is 2.38. The monoisotopic (exact) mass is 777 g/mol. The van der Waals surface area contributed by atoms with E-state index in [9.17, 15) is 4.79 Å². The number of rotatable bonds is 21. The number of methoxy groups -OCH3 is 1. The number of hydrogen-bond acceptors (Lipinski definition) is 7. The van der Waals surface area contributed by atoms with Crippen LogP contribution < -0.4 is 26.4 Å². The van der Waals surface area contributed by atoms with Crippen LogP contribution in [0.25, 0.3) is 12.4 Å². The normalized spacial score (nSPS) is 17.4. The molecular formula is C46H76N6O4. The third-order valence-electron chi connectivity index (χ3n) is 11.3. The first-order chi connectivity index (χ1) is 26.9. The first-order valence-electron chi connectivity index (χ1n) is 21.7. The summed E-state index contributed by atoms with van der Waals surface area (Å²) >= 11 is 0. The lowest BCUT2D eigenvalue weighted by atomic mass is 9.84. The number of benzene rings is 1. The summed E-state index contributed by atoms with van der Waals surface area (Å²) in [5.41, 5.74) is 8.33. The minimum absolute atomic E-state index is 0.0292. The predicted octanol–water partition coefficient (Wildman–Crippen LogP) is 6.55. The second-order valence-electron chi connectivity index (χ2n) is 17.7. The number of nitrogens with one attached hydrogen (secondary N) is 1. The molecule has 10 nitrogen and oxygen atoms in total. The van der Waals surface area contributed by atoms with Gasteiger partial charge in [-0.25, -0.2) is 4.99 Å². The van der Waals surface area contributed by atoms with Gasteiger partial charge in [0.2, 0.25) is 5.91 Å². The molecule has 1 aromatic heterocycles. The second kappa shape index (κ2) is 22.6. The van der Waals surface area contributed by atoms with Crippen molar-refractivity contribution in [3.63, 3.8) is 0 Å². The van der Waals surface area contributed by atoms with Gasteiger partial charge in [0, 0.05) is 68.3 Å². The molecule has 4 rings (SSSR count). The summed E-state index contributed by atoms with van der Waals surface area (Å²) in [4.78, 5) is 22.3. The van der Waals surface area contributed by atoms with E-state index >= 15 is 0 Å². The van der Waals surface area contributed by atoms with E-state index < -0.39 is 0 Å². The van der Waals surface area contributed by atoms with Crippen molar-refractivity contribution in [2.45, 2.75) is 137 Å². The number of aromatic nitrogens is 1. The van der Waals surface area contributed by atoms with Crippen LogP contribution in [0, 0.1) is 5.41 Å². The van der Waals surface area contributed by atoms with Crippen LogP contribution in [0.2, 0.25) is 0 Å². The van der Waals surface area contributed by atoms with Crippen LogP contribution in [0.3, 0.4) is 0 Å². The molecule has 1 saturated heterocycles. The number of ether oxygens (including phenoxy) is 3. The Labute approximate surface area is 338 Å². The quantitative estimate of drug-likeness (QED) is 0.0842. The molecular weight excluding hydrogens is 701 g/mol. The van der Waals surface area contributed by atoms with Crippen molar-refractivity contribution < 1.29 is 19.0 Å². The Hall–Kier alpha value is -3.34. The van der Waals surface area contributed by atoms with E-state index in [2.05, 4.69) is 87.3 Å². The van der Waals surface area contributed by atoms with Crippen molar-refractivity contribution in [2.24, 2.45) is 16.1 Å². The van der Waals surface area contributed by atoms with Gasteiger partial charge in [-0.1, -0.05) is 105 Å². The van der Waals surface area contributed by atoms with E-state index in [-0.39, 0.29) is 29.4 Å². The molecule has 1 amide bonds. The topological polar surface area (TPSA) is 107 Å². The van der Waals surface area contributed by atoms with E-state index in [1.165, 1.54) is 37.7 Å². The van der Waals surface area contributed by atoms with Gasteiger partial charge in [-0.2, -0.15) is 0 Å². The SMILES string of the molecule is C=c1ccn(Cc2ccc(C(C)(C)COCC(C)(C)CN3CCN(C(=O)COC4CCCCCCC4)CC3)cc2OC)/c1=C(/N=C(/N)CCC)NCCCCC. The van der Waals surface area contributed by atoms with E-state index in [1.54, 1.807) is 7.11 Å². The van der Waals surface area contributed by atoms with Gasteiger partial charge in [0.1, 0.15) is 18.2 Å². The van der Waals surface area contributed by atoms with Crippen LogP contribution in [-0.4, -0.2) is 98.4 Å². The molecule has 2 aliphatic rings. The number of hydrogen-bond donors (Lipinski definition) is 2. The maximum Gasteiger partial charge on any atom is 0.248 e. The lowest BCUT2D eigenvalue weighted by Crippen LogP contribution is -2.52. The summed E-state index contributed by atoms with van der Waals surface area (Å²) in [5, 5.41) is 5.42. The van der Waals surface area contributed by atoms with Crippen molar-refractivity contribution in [1.29, 1.82) is 0 Å². The molecule has 314 valence electrons. The Bertz CT molecular complexity index is 1630. The van der Waals surface area contributed by atoms with Crippen LogP contribution in [0.1, 0.15) is 130 Å². The van der Waals surface area contributed by atoms with Crippen LogP contribution in [0.15, 0.2) is 35.5 Å². The largest absolute Gasteiger partial charge is 0.496 e. The highest BCUT2D eigenvalue weighted by atomic mass is 16.5. The summed E-state index contributed by atoms with van der Waals surface area (Å²) in [6.07, 6.45) is 15.9. The van der Waals surface area contributed by atoms with Crippen molar-refractivity contribution in [3.8, 4) is 5.75 Å². The third-order valence-corrected chi connectivity index (χ3v) is 11.3. The fourth-order valence-electron chi connectivity index (χ4n) is 7.97. The zero-order chi connectivity index (χ0) is 40.6. The molecule has 10 heteroatoms. The van der Waals surface area contributed by atoms with Gasteiger partial charge in [-0.05, 0) is 48.6 Å². The molecule has 2 heterocycles. The molecule has 3 N–H and O–H groups in total. The first kappa shape index (κ1) is 45.4. The minimum Gasteiger partial charge on any atom is -0.496 e. The molecule has 56 heavy (non-hydrogen) atoms. The maximum absolute atomic E-state index is 13.0. The number of nitrogens with zero attached hydrogens (tertiary/aromatic N) is 4. The molecule has 1 aromatic carbocycles. The van der Waals surface area contributed by atoms with Gasteiger partial charge in [-0.3, -0.25) is 9.69 Å². The van der Waals surface area contributed by atoms with Crippen LogP contribution in [-0.2, 0) is 26.2 Å². The highest BCUT2D eigenvalue weighted by molar-refractivity contribution is 5.83. The van der Waals surface area contributed by atoms with E-state index in [1.807, 2.05) is 11.0 Å². The van der Waals surface area contributed by atoms with Gasteiger partial charge in [0.25, 0.3) is 0 Å². The van der Waals surface area contributed by atoms with Gasteiger partial charge >= 0.3 is 0 Å². The van der Waals surface area contributed by atoms with Gasteiger partial charge in [-0.15, -0.1) is 0 Å². The Morgan fingerprint density at radius 1 is 0.964 bits per heavy atom. The van der Waals surface area contributed by atoms with Crippen molar-refractivity contribution >= 4 is 24.1 Å². The molecule has 0 atom stereocenters. The second-order valence-corrected chi connectivity index (χ2v) is 17.7.